The Labute approximate surface area is 239 Å². The molecule has 166 valence electrons. The first kappa shape index (κ1) is 7.91. The molecule has 0 bridgehead atoms. The SMILES string of the molecule is [2H]c1c([2H])c([2H])c2c(-c3c4c([2H])c([2H])c([2H])c([2H])c4c([2H])c4c3c([2H])c([2H])c3c([2H])c([2H])c([2H])c([2H])c34)c3c(c([2H])c([2H])c4c([2H])c([2H])c([2H])c([2H])c43)c([2H])c2c1[2H]. The second-order valence-corrected chi connectivity index (χ2v) is 8.00. The van der Waals surface area contributed by atoms with Crippen molar-refractivity contribution in [3.63, 3.8) is 0 Å². The van der Waals surface area contributed by atoms with Crippen molar-refractivity contribution in [2.75, 3.05) is 0 Å². The van der Waals surface area contributed by atoms with Crippen molar-refractivity contribution in [1.82, 2.24) is 0 Å². The quantitative estimate of drug-likeness (QED) is 0.163. The first-order chi connectivity index (χ1) is 27.0. The van der Waals surface area contributed by atoms with Crippen LogP contribution in [-0.4, -0.2) is 0 Å². The summed E-state index contributed by atoms with van der Waals surface area (Å²) in [6.07, 6.45) is 0. The normalized spacial score (nSPS) is 20.4. The lowest BCUT2D eigenvalue weighted by molar-refractivity contribution is 1.74. The topological polar surface area (TPSA) is 0 Å². The fourth-order valence-corrected chi connectivity index (χ4v) is 4.66. The van der Waals surface area contributed by atoms with Gasteiger partial charge in [0.15, 0.2) is 0 Å². The molecule has 8 aromatic carbocycles. The van der Waals surface area contributed by atoms with Crippen LogP contribution in [0.1, 0.15) is 30.2 Å². The standard InChI is InChI=1S/C36H22/c1-5-13-28-23(9-1)19-20-32-33(28)22-26-12-4-7-15-30(26)35(32)36-31-16-8-3-11-25(31)21-27-18-17-24-10-2-6-14-29(24)34(27)36/h1-22H/i1D,2D,3D,4D,5D,6D,7D,8D,9D,10D,11D,12D,13D,14D,15D,16D,17D,18D,19D,20D,21D,22D. The summed E-state index contributed by atoms with van der Waals surface area (Å²) in [6, 6.07) is -18.1. The molecule has 0 heterocycles. The van der Waals surface area contributed by atoms with Crippen molar-refractivity contribution >= 4 is 64.6 Å². The lowest BCUT2D eigenvalue weighted by Gasteiger charge is -2.19. The minimum Gasteiger partial charge on any atom is -0.0616 e. The average Bonchev–Trinajstić information content (AvgIpc) is 3.19. The molecule has 0 spiro atoms. The molecule has 0 saturated carbocycles. The number of hydrogen-bond donors (Lipinski definition) is 0. The fraction of sp³-hybridized carbons (Fsp3) is 0. The highest BCUT2D eigenvalue weighted by molar-refractivity contribution is 6.29. The maximum absolute atomic E-state index is 9.49. The highest BCUT2D eigenvalue weighted by Crippen LogP contribution is 2.46. The van der Waals surface area contributed by atoms with E-state index < -0.39 is 209 Å². The molecule has 0 fully saturated rings. The summed E-state index contributed by atoms with van der Waals surface area (Å²) in [4.78, 5) is 0. The molecule has 0 radical (unpaired) electrons. The molecule has 0 nitrogen and oxygen atoms in total. The predicted octanol–water partition coefficient (Wildman–Crippen LogP) is 10.3. The fourth-order valence-electron chi connectivity index (χ4n) is 4.66. The predicted molar refractivity (Wildman–Crippen MR) is 157 cm³/mol. The molecule has 0 unspecified atom stereocenters. The van der Waals surface area contributed by atoms with Crippen LogP contribution in [0.15, 0.2) is 133 Å². The third-order valence-corrected chi connectivity index (χ3v) is 6.12. The molecular formula is C36H22. The van der Waals surface area contributed by atoms with E-state index in [1.54, 1.807) is 0 Å². The van der Waals surface area contributed by atoms with Gasteiger partial charge in [-0.05, 0) is 87.8 Å². The zero-order chi connectivity index (χ0) is 42.8. The summed E-state index contributed by atoms with van der Waals surface area (Å²) < 4.78 is 196. The summed E-state index contributed by atoms with van der Waals surface area (Å²) in [5.41, 5.74) is -1.14. The molecule has 0 aromatic heterocycles. The van der Waals surface area contributed by atoms with E-state index in [1.165, 1.54) is 0 Å². The second-order valence-electron chi connectivity index (χ2n) is 8.00. The zero-order valence-electron chi connectivity index (χ0n) is 40.0. The van der Waals surface area contributed by atoms with Crippen LogP contribution in [0.3, 0.4) is 0 Å². The van der Waals surface area contributed by atoms with Gasteiger partial charge in [0.1, 0.15) is 0 Å². The molecule has 8 rings (SSSR count). The van der Waals surface area contributed by atoms with Crippen molar-refractivity contribution in [3.05, 3.63) is 133 Å². The molecule has 0 heteroatoms. The number of hydrogen-bond acceptors (Lipinski definition) is 0. The minimum atomic E-state index is -0.883. The van der Waals surface area contributed by atoms with Gasteiger partial charge in [-0.1, -0.05) is 121 Å². The van der Waals surface area contributed by atoms with Crippen molar-refractivity contribution < 1.29 is 30.2 Å². The zero-order valence-corrected chi connectivity index (χ0v) is 18.0. The van der Waals surface area contributed by atoms with Gasteiger partial charge in [0.05, 0.1) is 30.2 Å². The Morgan fingerprint density at radius 2 is 0.806 bits per heavy atom. The molecule has 0 saturated heterocycles. The van der Waals surface area contributed by atoms with E-state index in [-0.39, 0.29) is 0 Å². The van der Waals surface area contributed by atoms with E-state index in [9.17, 15) is 8.22 Å². The molecule has 36 heavy (non-hydrogen) atoms. The second kappa shape index (κ2) is 7.41. The van der Waals surface area contributed by atoms with Crippen LogP contribution in [0, 0.1) is 0 Å². The van der Waals surface area contributed by atoms with Gasteiger partial charge in [-0.15, -0.1) is 0 Å². The summed E-state index contributed by atoms with van der Waals surface area (Å²) in [6.45, 7) is 0. The lowest BCUT2D eigenvalue weighted by Crippen LogP contribution is -1.91. The first-order valence-electron chi connectivity index (χ1n) is 21.8. The molecule has 0 atom stereocenters. The van der Waals surface area contributed by atoms with Crippen molar-refractivity contribution in [2.24, 2.45) is 0 Å². The number of fused-ring (bicyclic) bond motifs is 8. The minimum absolute atomic E-state index is 0.503. The number of benzene rings is 8. The third kappa shape index (κ3) is 2.70. The Bertz CT molecular complexity index is 3350. The van der Waals surface area contributed by atoms with Crippen LogP contribution in [0.5, 0.6) is 0 Å². The summed E-state index contributed by atoms with van der Waals surface area (Å²) in [5.74, 6) is 0. The van der Waals surface area contributed by atoms with E-state index in [0.29, 0.717) is 0 Å². The molecule has 8 aromatic rings. The Hall–Kier alpha value is -4.68. The van der Waals surface area contributed by atoms with Crippen LogP contribution < -0.4 is 0 Å². The van der Waals surface area contributed by atoms with Crippen LogP contribution in [0.25, 0.3) is 75.8 Å². The highest BCUT2D eigenvalue weighted by atomic mass is 14.2. The third-order valence-electron chi connectivity index (χ3n) is 6.12. The van der Waals surface area contributed by atoms with E-state index >= 15 is 0 Å². The molecule has 0 aliphatic rings. The molecular weight excluding hydrogens is 432 g/mol. The van der Waals surface area contributed by atoms with Crippen LogP contribution in [0.2, 0.25) is 0 Å². The lowest BCUT2D eigenvalue weighted by atomic mass is 9.84. The molecule has 0 aliphatic heterocycles. The average molecular weight is 477 g/mol. The maximum atomic E-state index is 9.49. The van der Waals surface area contributed by atoms with Gasteiger partial charge in [-0.3, -0.25) is 0 Å². The van der Waals surface area contributed by atoms with E-state index in [1.807, 2.05) is 0 Å². The largest absolute Gasteiger partial charge is 0.0636 e. The van der Waals surface area contributed by atoms with Gasteiger partial charge in [-0.2, -0.15) is 0 Å². The monoisotopic (exact) mass is 476 g/mol. The van der Waals surface area contributed by atoms with E-state index in [0.717, 1.165) is 0 Å². The first-order valence-corrected chi connectivity index (χ1v) is 10.8. The van der Waals surface area contributed by atoms with Gasteiger partial charge in [0.25, 0.3) is 0 Å². The van der Waals surface area contributed by atoms with Gasteiger partial charge < -0.3 is 0 Å². The van der Waals surface area contributed by atoms with Crippen LogP contribution in [0.4, 0.5) is 0 Å². The van der Waals surface area contributed by atoms with Gasteiger partial charge in [0.2, 0.25) is 0 Å². The highest BCUT2D eigenvalue weighted by Gasteiger charge is 2.18. The number of rotatable bonds is 1. The summed E-state index contributed by atoms with van der Waals surface area (Å²) >= 11 is 0. The summed E-state index contributed by atoms with van der Waals surface area (Å²) in [5, 5.41) is -6.64. The van der Waals surface area contributed by atoms with Gasteiger partial charge >= 0.3 is 0 Å². The molecule has 0 amide bonds. The van der Waals surface area contributed by atoms with Gasteiger partial charge in [-0.25, -0.2) is 0 Å². The Morgan fingerprint density at radius 3 is 1.56 bits per heavy atom. The van der Waals surface area contributed by atoms with Crippen molar-refractivity contribution in [2.45, 2.75) is 0 Å². The summed E-state index contributed by atoms with van der Waals surface area (Å²) in [7, 11) is 0. The van der Waals surface area contributed by atoms with Crippen LogP contribution >= 0.6 is 0 Å². The smallest absolute Gasteiger partial charge is 0.0616 e. The Balaban J connectivity index is 1.95. The Morgan fingerprint density at radius 1 is 0.306 bits per heavy atom. The van der Waals surface area contributed by atoms with E-state index in [2.05, 4.69) is 0 Å². The molecule has 0 aliphatic carbocycles. The van der Waals surface area contributed by atoms with Crippen molar-refractivity contribution in [3.8, 4) is 11.1 Å². The van der Waals surface area contributed by atoms with E-state index in [4.69, 9.17) is 21.9 Å². The maximum Gasteiger partial charge on any atom is 0.0636 e. The van der Waals surface area contributed by atoms with Crippen molar-refractivity contribution in [1.29, 1.82) is 0 Å². The molecule has 0 N–H and O–H groups in total. The van der Waals surface area contributed by atoms with Crippen LogP contribution in [-0.2, 0) is 0 Å². The Kier molecular flexibility index (Phi) is 1.63. The van der Waals surface area contributed by atoms with Gasteiger partial charge in [0, 0.05) is 0 Å².